The van der Waals surface area contributed by atoms with Crippen molar-refractivity contribution in [3.63, 3.8) is 0 Å². The summed E-state index contributed by atoms with van der Waals surface area (Å²) in [6, 6.07) is 22.1. The van der Waals surface area contributed by atoms with Crippen LogP contribution in [0.15, 0.2) is 72.8 Å². The van der Waals surface area contributed by atoms with E-state index in [4.69, 9.17) is 16.3 Å². The lowest BCUT2D eigenvalue weighted by Gasteiger charge is -2.24. The van der Waals surface area contributed by atoms with Crippen molar-refractivity contribution >= 4 is 40.9 Å². The summed E-state index contributed by atoms with van der Waals surface area (Å²) in [6.45, 7) is 0.521. The van der Waals surface area contributed by atoms with Crippen LogP contribution in [0.2, 0.25) is 5.02 Å². The van der Waals surface area contributed by atoms with E-state index in [1.165, 1.54) is 0 Å². The number of amides is 2. The lowest BCUT2D eigenvalue weighted by Crippen LogP contribution is -2.27. The van der Waals surface area contributed by atoms with Crippen LogP contribution in [0.3, 0.4) is 0 Å². The van der Waals surface area contributed by atoms with Gasteiger partial charge in [-0.1, -0.05) is 35.9 Å². The minimum atomic E-state index is -0.190. The average Bonchev–Trinajstić information content (AvgIpc) is 3.16. The predicted octanol–water partition coefficient (Wildman–Crippen LogP) is 5.38. The van der Waals surface area contributed by atoms with Crippen LogP contribution in [-0.2, 0) is 11.3 Å². The summed E-state index contributed by atoms with van der Waals surface area (Å²) in [5.74, 6) is 1.09. The Balaban J connectivity index is 1.45. The maximum Gasteiger partial charge on any atom is 0.255 e. The highest BCUT2D eigenvalue weighted by molar-refractivity contribution is 8.00. The molecule has 1 heterocycles. The van der Waals surface area contributed by atoms with Gasteiger partial charge in [-0.2, -0.15) is 0 Å². The molecule has 3 aromatic carbocycles. The van der Waals surface area contributed by atoms with Gasteiger partial charge in [0.05, 0.1) is 12.9 Å². The molecule has 0 spiro atoms. The fourth-order valence-corrected chi connectivity index (χ4v) is 4.68. The van der Waals surface area contributed by atoms with Crippen molar-refractivity contribution in [2.75, 3.05) is 18.2 Å². The standard InChI is InChI=1S/C24H21ClN2O3S/c1-30-21-12-10-20(11-13-21)26-23(29)17-4-6-18(7-5-17)24-27(22(28)15-31-24)14-16-2-8-19(25)9-3-16/h2-13,24H,14-15H2,1H3,(H,26,29)/t24-/m1/s1. The van der Waals surface area contributed by atoms with E-state index in [1.54, 1.807) is 55.3 Å². The number of ether oxygens (including phenoxy) is 1. The van der Waals surface area contributed by atoms with E-state index in [0.717, 1.165) is 16.9 Å². The van der Waals surface area contributed by atoms with Gasteiger partial charge in [0, 0.05) is 22.8 Å². The minimum Gasteiger partial charge on any atom is -0.497 e. The molecule has 0 radical (unpaired) electrons. The highest BCUT2D eigenvalue weighted by atomic mass is 35.5. The van der Waals surface area contributed by atoms with Gasteiger partial charge in [0.25, 0.3) is 5.91 Å². The number of carbonyl (C=O) groups excluding carboxylic acids is 2. The SMILES string of the molecule is COc1ccc(NC(=O)c2ccc([C@H]3SCC(=O)N3Cc3ccc(Cl)cc3)cc2)cc1. The summed E-state index contributed by atoms with van der Waals surface area (Å²) in [5, 5.41) is 3.47. The van der Waals surface area contributed by atoms with Crippen LogP contribution >= 0.6 is 23.4 Å². The number of anilines is 1. The summed E-state index contributed by atoms with van der Waals surface area (Å²) in [5.41, 5.74) is 3.27. The summed E-state index contributed by atoms with van der Waals surface area (Å²) < 4.78 is 5.13. The number of methoxy groups -OCH3 is 1. The molecule has 1 N–H and O–H groups in total. The molecule has 158 valence electrons. The second kappa shape index (κ2) is 9.45. The third-order valence-corrected chi connectivity index (χ3v) is 6.55. The highest BCUT2D eigenvalue weighted by Gasteiger charge is 2.32. The molecule has 3 aromatic rings. The van der Waals surface area contributed by atoms with E-state index in [1.807, 2.05) is 41.3 Å². The molecular formula is C24H21ClN2O3S. The highest BCUT2D eigenvalue weighted by Crippen LogP contribution is 2.39. The van der Waals surface area contributed by atoms with Crippen LogP contribution in [0.4, 0.5) is 5.69 Å². The first-order chi connectivity index (χ1) is 15.0. The number of halogens is 1. The number of hydrogen-bond donors (Lipinski definition) is 1. The van der Waals surface area contributed by atoms with Crippen molar-refractivity contribution < 1.29 is 14.3 Å². The predicted molar refractivity (Wildman–Crippen MR) is 125 cm³/mol. The lowest BCUT2D eigenvalue weighted by atomic mass is 10.1. The van der Waals surface area contributed by atoms with Crippen molar-refractivity contribution in [3.05, 3.63) is 94.5 Å². The molecule has 0 saturated carbocycles. The first-order valence-electron chi connectivity index (χ1n) is 9.74. The van der Waals surface area contributed by atoms with Gasteiger partial charge < -0.3 is 15.0 Å². The molecule has 7 heteroatoms. The third kappa shape index (κ3) is 5.03. The quantitative estimate of drug-likeness (QED) is 0.545. The molecule has 0 aromatic heterocycles. The van der Waals surface area contributed by atoms with Gasteiger partial charge in [0.15, 0.2) is 0 Å². The zero-order valence-corrected chi connectivity index (χ0v) is 18.5. The number of rotatable bonds is 6. The number of thioether (sulfide) groups is 1. The molecule has 5 nitrogen and oxygen atoms in total. The lowest BCUT2D eigenvalue weighted by molar-refractivity contribution is -0.128. The molecule has 1 fully saturated rings. The number of nitrogens with one attached hydrogen (secondary N) is 1. The maximum absolute atomic E-state index is 12.6. The van der Waals surface area contributed by atoms with Gasteiger partial charge >= 0.3 is 0 Å². The molecule has 2 amide bonds. The second-order valence-electron chi connectivity index (χ2n) is 7.12. The molecule has 1 atom stereocenters. The molecule has 1 saturated heterocycles. The number of nitrogens with zero attached hydrogens (tertiary/aromatic N) is 1. The van der Waals surface area contributed by atoms with Crippen molar-refractivity contribution in [2.45, 2.75) is 11.9 Å². The van der Waals surface area contributed by atoms with Gasteiger partial charge in [0.1, 0.15) is 11.1 Å². The Bertz CT molecular complexity index is 1070. The molecule has 31 heavy (non-hydrogen) atoms. The summed E-state index contributed by atoms with van der Waals surface area (Å²) >= 11 is 7.56. The number of hydrogen-bond acceptors (Lipinski definition) is 4. The Morgan fingerprint density at radius 3 is 2.39 bits per heavy atom. The van der Waals surface area contributed by atoms with Gasteiger partial charge in [0.2, 0.25) is 5.91 Å². The van der Waals surface area contributed by atoms with Crippen molar-refractivity contribution in [1.29, 1.82) is 0 Å². The van der Waals surface area contributed by atoms with E-state index >= 15 is 0 Å². The largest absolute Gasteiger partial charge is 0.497 e. The van der Waals surface area contributed by atoms with Crippen molar-refractivity contribution in [2.24, 2.45) is 0 Å². The molecular weight excluding hydrogens is 432 g/mol. The monoisotopic (exact) mass is 452 g/mol. The number of benzene rings is 3. The van der Waals surface area contributed by atoms with E-state index in [9.17, 15) is 9.59 Å². The first-order valence-corrected chi connectivity index (χ1v) is 11.2. The van der Waals surface area contributed by atoms with E-state index in [-0.39, 0.29) is 17.2 Å². The normalized spacial score (nSPS) is 15.7. The van der Waals surface area contributed by atoms with Gasteiger partial charge in [-0.25, -0.2) is 0 Å². The molecule has 4 rings (SSSR count). The topological polar surface area (TPSA) is 58.6 Å². The van der Waals surface area contributed by atoms with Crippen LogP contribution in [-0.4, -0.2) is 29.6 Å². The Kier molecular flexibility index (Phi) is 6.49. The van der Waals surface area contributed by atoms with Crippen LogP contribution in [0.5, 0.6) is 5.75 Å². The summed E-state index contributed by atoms with van der Waals surface area (Å²) in [7, 11) is 1.60. The second-order valence-corrected chi connectivity index (χ2v) is 8.62. The van der Waals surface area contributed by atoms with Gasteiger partial charge in [-0.3, -0.25) is 9.59 Å². The smallest absolute Gasteiger partial charge is 0.255 e. The van der Waals surface area contributed by atoms with Gasteiger partial charge in [-0.15, -0.1) is 11.8 Å². The third-order valence-electron chi connectivity index (χ3n) is 5.04. The van der Waals surface area contributed by atoms with Crippen LogP contribution in [0.1, 0.15) is 26.9 Å². The summed E-state index contributed by atoms with van der Waals surface area (Å²) in [4.78, 5) is 26.9. The number of carbonyl (C=O) groups is 2. The Morgan fingerprint density at radius 2 is 1.74 bits per heavy atom. The van der Waals surface area contributed by atoms with Gasteiger partial charge in [-0.05, 0) is 59.7 Å². The fraction of sp³-hybridized carbons (Fsp3) is 0.167. The van der Waals surface area contributed by atoms with Crippen molar-refractivity contribution in [1.82, 2.24) is 4.90 Å². The van der Waals surface area contributed by atoms with Crippen molar-refractivity contribution in [3.8, 4) is 5.75 Å². The van der Waals surface area contributed by atoms with Crippen LogP contribution in [0.25, 0.3) is 0 Å². The molecule has 1 aliphatic heterocycles. The van der Waals surface area contributed by atoms with Crippen LogP contribution in [0, 0.1) is 0 Å². The Morgan fingerprint density at radius 1 is 1.06 bits per heavy atom. The Hall–Kier alpha value is -2.96. The van der Waals surface area contributed by atoms with Crippen LogP contribution < -0.4 is 10.1 Å². The zero-order valence-electron chi connectivity index (χ0n) is 16.9. The molecule has 0 bridgehead atoms. The van der Waals surface area contributed by atoms with E-state index in [2.05, 4.69) is 5.32 Å². The summed E-state index contributed by atoms with van der Waals surface area (Å²) in [6.07, 6.45) is 0. The van der Waals surface area contributed by atoms with E-state index in [0.29, 0.717) is 28.6 Å². The zero-order chi connectivity index (χ0) is 21.8. The first kappa shape index (κ1) is 21.3. The average molecular weight is 453 g/mol. The maximum atomic E-state index is 12.6. The molecule has 1 aliphatic rings. The Labute approximate surface area is 190 Å². The molecule has 0 aliphatic carbocycles. The minimum absolute atomic E-state index is 0.0816. The van der Waals surface area contributed by atoms with E-state index < -0.39 is 0 Å². The molecule has 0 unspecified atom stereocenters. The fourth-order valence-electron chi connectivity index (χ4n) is 3.36.